The van der Waals surface area contributed by atoms with Crippen LogP contribution < -0.4 is 0 Å². The third-order valence-corrected chi connectivity index (χ3v) is 1.85. The minimum absolute atomic E-state index is 0.111. The van der Waals surface area contributed by atoms with Gasteiger partial charge in [-0.25, -0.2) is 8.78 Å². The maximum absolute atomic E-state index is 12.4. The summed E-state index contributed by atoms with van der Waals surface area (Å²) in [5.41, 5.74) is -0.173. The van der Waals surface area contributed by atoms with Gasteiger partial charge in [0, 0.05) is 6.54 Å². The van der Waals surface area contributed by atoms with Gasteiger partial charge in [0.05, 0.1) is 25.3 Å². The molecule has 4 heteroatoms. The van der Waals surface area contributed by atoms with Gasteiger partial charge in [-0.2, -0.15) is 0 Å². The molecule has 0 amide bonds. The predicted molar refractivity (Wildman–Crippen MR) is 47.1 cm³/mol. The summed E-state index contributed by atoms with van der Waals surface area (Å²) in [5, 5.41) is 0. The van der Waals surface area contributed by atoms with Gasteiger partial charge in [-0.05, 0) is 20.8 Å². The molecule has 0 aliphatic carbocycles. The van der Waals surface area contributed by atoms with E-state index in [2.05, 4.69) is 0 Å². The smallest absolute Gasteiger partial charge is 0.272 e. The van der Waals surface area contributed by atoms with E-state index in [1.165, 1.54) is 0 Å². The van der Waals surface area contributed by atoms with Crippen LogP contribution in [-0.4, -0.2) is 42.7 Å². The second-order valence-electron chi connectivity index (χ2n) is 4.53. The van der Waals surface area contributed by atoms with Crippen molar-refractivity contribution >= 4 is 0 Å². The molecule has 1 aliphatic rings. The highest BCUT2D eigenvalue weighted by Gasteiger charge is 2.43. The van der Waals surface area contributed by atoms with E-state index in [0.29, 0.717) is 13.2 Å². The molecule has 78 valence electrons. The number of nitrogens with zero attached hydrogens (tertiary/aromatic N) is 1. The maximum Gasteiger partial charge on any atom is 0.272 e. The standard InChI is InChI=1S/C9H17F2NO/c1-8(2,3)13-5-4-12-6-9(10,11)7-12/h4-7H2,1-3H3. The molecule has 0 saturated carbocycles. The van der Waals surface area contributed by atoms with Crippen molar-refractivity contribution in [2.75, 3.05) is 26.2 Å². The van der Waals surface area contributed by atoms with Crippen molar-refractivity contribution in [3.63, 3.8) is 0 Å². The molecule has 0 atom stereocenters. The van der Waals surface area contributed by atoms with Crippen LogP contribution in [0.5, 0.6) is 0 Å². The SMILES string of the molecule is CC(C)(C)OCCN1CC(F)(F)C1. The molecule has 1 aliphatic heterocycles. The summed E-state index contributed by atoms with van der Waals surface area (Å²) in [4.78, 5) is 1.70. The normalized spacial score (nSPS) is 22.8. The van der Waals surface area contributed by atoms with Crippen molar-refractivity contribution in [2.24, 2.45) is 0 Å². The quantitative estimate of drug-likeness (QED) is 0.677. The van der Waals surface area contributed by atoms with Crippen LogP contribution in [0.3, 0.4) is 0 Å². The van der Waals surface area contributed by atoms with Crippen LogP contribution >= 0.6 is 0 Å². The Morgan fingerprint density at radius 3 is 2.23 bits per heavy atom. The summed E-state index contributed by atoms with van der Waals surface area (Å²) in [7, 11) is 0. The molecule has 2 nitrogen and oxygen atoms in total. The molecule has 0 radical (unpaired) electrons. The number of rotatable bonds is 3. The van der Waals surface area contributed by atoms with Gasteiger partial charge >= 0.3 is 0 Å². The lowest BCUT2D eigenvalue weighted by molar-refractivity contribution is -0.139. The van der Waals surface area contributed by atoms with Crippen molar-refractivity contribution in [3.8, 4) is 0 Å². The Morgan fingerprint density at radius 2 is 1.85 bits per heavy atom. The van der Waals surface area contributed by atoms with Crippen LogP contribution in [0.25, 0.3) is 0 Å². The highest BCUT2D eigenvalue weighted by molar-refractivity contribution is 4.86. The molecule has 0 aromatic rings. The van der Waals surface area contributed by atoms with E-state index >= 15 is 0 Å². The molecule has 0 bridgehead atoms. The molecular formula is C9H17F2NO. The molecule has 0 aromatic heterocycles. The zero-order chi connectivity index (χ0) is 10.1. The van der Waals surface area contributed by atoms with E-state index in [1.807, 2.05) is 20.8 Å². The Hall–Kier alpha value is -0.220. The summed E-state index contributed by atoms with van der Waals surface area (Å²) in [6.45, 7) is 6.78. The fraction of sp³-hybridized carbons (Fsp3) is 1.00. The van der Waals surface area contributed by atoms with Crippen molar-refractivity contribution in [2.45, 2.75) is 32.3 Å². The summed E-state index contributed by atoms with van der Waals surface area (Å²) in [5.74, 6) is -2.46. The molecule has 13 heavy (non-hydrogen) atoms. The molecule has 0 spiro atoms. The number of ether oxygens (including phenoxy) is 1. The average Bonchev–Trinajstić information content (AvgIpc) is 1.79. The predicted octanol–water partition coefficient (Wildman–Crippen LogP) is 1.75. The molecule has 1 saturated heterocycles. The first-order chi connectivity index (χ1) is 5.79. The maximum atomic E-state index is 12.4. The first kappa shape index (κ1) is 10.9. The Morgan fingerprint density at radius 1 is 1.31 bits per heavy atom. The van der Waals surface area contributed by atoms with E-state index < -0.39 is 5.92 Å². The first-order valence-electron chi connectivity index (χ1n) is 4.53. The van der Waals surface area contributed by atoms with Crippen LogP contribution in [0, 0.1) is 0 Å². The van der Waals surface area contributed by atoms with E-state index in [9.17, 15) is 8.78 Å². The van der Waals surface area contributed by atoms with Crippen molar-refractivity contribution < 1.29 is 13.5 Å². The number of likely N-dealkylation sites (tertiary alicyclic amines) is 1. The minimum atomic E-state index is -2.46. The molecule has 1 rings (SSSR count). The number of halogens is 2. The molecule has 1 heterocycles. The van der Waals surface area contributed by atoms with E-state index in [1.54, 1.807) is 4.90 Å². The molecule has 0 aromatic carbocycles. The summed E-state index contributed by atoms with van der Waals surface area (Å²) < 4.78 is 30.2. The van der Waals surface area contributed by atoms with E-state index in [-0.39, 0.29) is 18.7 Å². The highest BCUT2D eigenvalue weighted by atomic mass is 19.3. The molecule has 1 fully saturated rings. The Labute approximate surface area is 77.9 Å². The first-order valence-corrected chi connectivity index (χ1v) is 4.53. The van der Waals surface area contributed by atoms with Gasteiger partial charge in [-0.1, -0.05) is 0 Å². The summed E-state index contributed by atoms with van der Waals surface area (Å²) >= 11 is 0. The highest BCUT2D eigenvalue weighted by Crippen LogP contribution is 2.25. The lowest BCUT2D eigenvalue weighted by Crippen LogP contribution is -2.57. The van der Waals surface area contributed by atoms with Crippen LogP contribution in [0.2, 0.25) is 0 Å². The minimum Gasteiger partial charge on any atom is -0.375 e. The Bertz CT molecular complexity index is 169. The Kier molecular flexibility index (Phi) is 2.92. The van der Waals surface area contributed by atoms with Crippen molar-refractivity contribution in [1.82, 2.24) is 4.90 Å². The van der Waals surface area contributed by atoms with Gasteiger partial charge in [0.25, 0.3) is 5.92 Å². The van der Waals surface area contributed by atoms with Gasteiger partial charge in [0.15, 0.2) is 0 Å². The van der Waals surface area contributed by atoms with Crippen LogP contribution in [-0.2, 0) is 4.74 Å². The third-order valence-electron chi connectivity index (χ3n) is 1.85. The molecule has 0 unspecified atom stereocenters. The van der Waals surface area contributed by atoms with Gasteiger partial charge in [0.2, 0.25) is 0 Å². The summed E-state index contributed by atoms with van der Waals surface area (Å²) in [6, 6.07) is 0. The van der Waals surface area contributed by atoms with Gasteiger partial charge in [-0.15, -0.1) is 0 Å². The number of hydrogen-bond acceptors (Lipinski definition) is 2. The Balaban J connectivity index is 2.03. The monoisotopic (exact) mass is 193 g/mol. The van der Waals surface area contributed by atoms with Gasteiger partial charge in [0.1, 0.15) is 0 Å². The second kappa shape index (κ2) is 3.50. The van der Waals surface area contributed by atoms with Gasteiger partial charge < -0.3 is 4.74 Å². The van der Waals surface area contributed by atoms with E-state index in [4.69, 9.17) is 4.74 Å². The fourth-order valence-corrected chi connectivity index (χ4v) is 1.25. The number of alkyl halides is 2. The largest absolute Gasteiger partial charge is 0.375 e. The molecule has 0 N–H and O–H groups in total. The summed E-state index contributed by atoms with van der Waals surface area (Å²) in [6.07, 6.45) is 0. The number of hydrogen-bond donors (Lipinski definition) is 0. The van der Waals surface area contributed by atoms with E-state index in [0.717, 1.165) is 0 Å². The van der Waals surface area contributed by atoms with Crippen molar-refractivity contribution in [3.05, 3.63) is 0 Å². The average molecular weight is 193 g/mol. The zero-order valence-electron chi connectivity index (χ0n) is 8.44. The zero-order valence-corrected chi connectivity index (χ0v) is 8.44. The van der Waals surface area contributed by atoms with Crippen LogP contribution in [0.15, 0.2) is 0 Å². The van der Waals surface area contributed by atoms with Gasteiger partial charge in [-0.3, -0.25) is 4.90 Å². The lowest BCUT2D eigenvalue weighted by atomic mass is 10.1. The second-order valence-corrected chi connectivity index (χ2v) is 4.53. The topological polar surface area (TPSA) is 12.5 Å². The van der Waals surface area contributed by atoms with Crippen LogP contribution in [0.4, 0.5) is 8.78 Å². The van der Waals surface area contributed by atoms with Crippen molar-refractivity contribution in [1.29, 1.82) is 0 Å². The third kappa shape index (κ3) is 4.00. The fourth-order valence-electron chi connectivity index (χ4n) is 1.25. The van der Waals surface area contributed by atoms with Crippen LogP contribution in [0.1, 0.15) is 20.8 Å². The lowest BCUT2D eigenvalue weighted by Gasteiger charge is -2.39. The molecular weight excluding hydrogens is 176 g/mol.